The number of imide groups is 1. The van der Waals surface area contributed by atoms with Crippen molar-refractivity contribution in [2.24, 2.45) is 0 Å². The molecular formula is C23H27N3O4S. The number of carbonyl (C=O) groups is 3. The number of rotatable bonds is 9. The summed E-state index contributed by atoms with van der Waals surface area (Å²) in [5.41, 5.74) is 1.43. The third kappa shape index (κ3) is 5.38. The Morgan fingerprint density at radius 2 is 1.81 bits per heavy atom. The lowest BCUT2D eigenvalue weighted by molar-refractivity contribution is -0.120. The maximum atomic E-state index is 13.4. The minimum atomic E-state index is -0.575. The van der Waals surface area contributed by atoms with Crippen LogP contribution >= 0.6 is 11.8 Å². The summed E-state index contributed by atoms with van der Waals surface area (Å²) in [5, 5.41) is 12.3. The van der Waals surface area contributed by atoms with Gasteiger partial charge in [-0.25, -0.2) is 9.69 Å². The number of phenolic OH excluding ortho intramolecular Hbond substituents is 1. The van der Waals surface area contributed by atoms with Crippen molar-refractivity contribution < 1.29 is 19.5 Å². The number of thioether (sulfide) groups is 1. The Balaban J connectivity index is 1.83. The summed E-state index contributed by atoms with van der Waals surface area (Å²) in [6.07, 6.45) is 3.86. The zero-order valence-corrected chi connectivity index (χ0v) is 18.5. The van der Waals surface area contributed by atoms with Crippen LogP contribution in [0.1, 0.15) is 31.7 Å². The minimum absolute atomic E-state index is 0.0825. The second-order valence-electron chi connectivity index (χ2n) is 7.42. The number of phenols is 1. The van der Waals surface area contributed by atoms with Crippen molar-refractivity contribution in [1.82, 2.24) is 10.2 Å². The first-order valence-corrected chi connectivity index (χ1v) is 11.4. The highest BCUT2D eigenvalue weighted by Gasteiger charge is 2.45. The number of amides is 4. The van der Waals surface area contributed by atoms with Gasteiger partial charge in [-0.2, -0.15) is 0 Å². The first-order chi connectivity index (χ1) is 14.9. The van der Waals surface area contributed by atoms with E-state index in [0.717, 1.165) is 16.9 Å². The van der Waals surface area contributed by atoms with Gasteiger partial charge in [-0.15, -0.1) is 11.8 Å². The molecular weight excluding hydrogens is 414 g/mol. The second-order valence-corrected chi connectivity index (χ2v) is 8.27. The monoisotopic (exact) mass is 441 g/mol. The summed E-state index contributed by atoms with van der Waals surface area (Å²) < 4.78 is 0. The van der Waals surface area contributed by atoms with Crippen LogP contribution < -0.4 is 10.2 Å². The number of benzene rings is 2. The molecule has 3 rings (SSSR count). The van der Waals surface area contributed by atoms with E-state index < -0.39 is 6.04 Å². The number of hydrogen-bond donors (Lipinski definition) is 2. The van der Waals surface area contributed by atoms with E-state index in [1.54, 1.807) is 35.2 Å². The van der Waals surface area contributed by atoms with Crippen molar-refractivity contribution in [2.45, 2.75) is 43.7 Å². The summed E-state index contributed by atoms with van der Waals surface area (Å²) in [5.74, 6) is -0.164. The quantitative estimate of drug-likeness (QED) is 0.351. The number of para-hydroxylation sites is 1. The van der Waals surface area contributed by atoms with Gasteiger partial charge in [0.15, 0.2) is 0 Å². The lowest BCUT2D eigenvalue weighted by atomic mass is 10.1. The van der Waals surface area contributed by atoms with E-state index >= 15 is 0 Å². The van der Waals surface area contributed by atoms with Crippen LogP contribution in [-0.2, 0) is 16.1 Å². The Hall–Kier alpha value is -3.00. The highest BCUT2D eigenvalue weighted by atomic mass is 32.2. The molecule has 1 heterocycles. The van der Waals surface area contributed by atoms with Crippen LogP contribution in [0.5, 0.6) is 5.75 Å². The Morgan fingerprint density at radius 1 is 1.10 bits per heavy atom. The van der Waals surface area contributed by atoms with E-state index in [-0.39, 0.29) is 30.1 Å². The number of urea groups is 1. The number of anilines is 1. The predicted octanol–water partition coefficient (Wildman–Crippen LogP) is 3.76. The molecule has 1 aliphatic heterocycles. The van der Waals surface area contributed by atoms with Crippen LogP contribution in [0.3, 0.4) is 0 Å². The van der Waals surface area contributed by atoms with Gasteiger partial charge >= 0.3 is 6.03 Å². The Bertz CT molecular complexity index is 948. The molecule has 0 aromatic heterocycles. The third-order valence-corrected chi connectivity index (χ3v) is 6.00. The van der Waals surface area contributed by atoms with Gasteiger partial charge < -0.3 is 15.3 Å². The van der Waals surface area contributed by atoms with Crippen molar-refractivity contribution >= 4 is 35.3 Å². The largest absolute Gasteiger partial charge is 0.508 e. The molecule has 2 aromatic carbocycles. The van der Waals surface area contributed by atoms with Gasteiger partial charge in [-0.05, 0) is 55.3 Å². The van der Waals surface area contributed by atoms with Gasteiger partial charge in [-0.1, -0.05) is 24.3 Å². The van der Waals surface area contributed by atoms with Crippen LogP contribution in [0.15, 0.2) is 53.4 Å². The van der Waals surface area contributed by atoms with Gasteiger partial charge in [0.1, 0.15) is 11.8 Å². The van der Waals surface area contributed by atoms with Crippen molar-refractivity contribution in [2.75, 3.05) is 17.7 Å². The molecule has 1 atom stereocenters. The van der Waals surface area contributed by atoms with E-state index in [0.29, 0.717) is 25.1 Å². The first-order valence-electron chi connectivity index (χ1n) is 10.2. The van der Waals surface area contributed by atoms with E-state index in [2.05, 4.69) is 5.32 Å². The molecule has 164 valence electrons. The number of nitrogens with one attached hydrogen (secondary N) is 1. The molecule has 8 heteroatoms. The molecule has 7 nitrogen and oxygen atoms in total. The SMILES string of the molecule is CSc1ccccc1N1C(=O)[C@H](CCCCNC(C)=O)N(Cc2ccc(O)cc2)C1=O. The number of unbranched alkanes of at least 4 members (excludes halogenated alkanes) is 1. The van der Waals surface area contributed by atoms with E-state index in [4.69, 9.17) is 0 Å². The Kier molecular flexibility index (Phi) is 7.57. The van der Waals surface area contributed by atoms with Crippen LogP contribution in [-0.4, -0.2) is 46.7 Å². The fourth-order valence-corrected chi connectivity index (χ4v) is 4.24. The van der Waals surface area contributed by atoms with Gasteiger partial charge in [0.25, 0.3) is 5.91 Å². The number of hydrogen-bond acceptors (Lipinski definition) is 5. The fourth-order valence-electron chi connectivity index (χ4n) is 3.66. The van der Waals surface area contributed by atoms with E-state index in [1.807, 2.05) is 24.5 Å². The van der Waals surface area contributed by atoms with Gasteiger partial charge in [-0.3, -0.25) is 9.59 Å². The van der Waals surface area contributed by atoms with E-state index in [9.17, 15) is 19.5 Å². The zero-order chi connectivity index (χ0) is 22.4. The summed E-state index contributed by atoms with van der Waals surface area (Å²) >= 11 is 1.49. The molecule has 1 saturated heterocycles. The minimum Gasteiger partial charge on any atom is -0.508 e. The third-order valence-electron chi connectivity index (χ3n) is 5.21. The smallest absolute Gasteiger partial charge is 0.332 e. The normalized spacial score (nSPS) is 16.1. The summed E-state index contributed by atoms with van der Waals surface area (Å²) in [7, 11) is 0. The molecule has 1 aliphatic rings. The Morgan fingerprint density at radius 3 is 2.48 bits per heavy atom. The summed E-state index contributed by atoms with van der Waals surface area (Å²) in [6.45, 7) is 2.29. The highest BCUT2D eigenvalue weighted by molar-refractivity contribution is 7.98. The van der Waals surface area contributed by atoms with Crippen LogP contribution in [0.25, 0.3) is 0 Å². The average molecular weight is 442 g/mol. The molecule has 0 saturated carbocycles. The maximum Gasteiger partial charge on any atom is 0.332 e. The van der Waals surface area contributed by atoms with Crippen LogP contribution in [0.2, 0.25) is 0 Å². The van der Waals surface area contributed by atoms with Crippen LogP contribution in [0.4, 0.5) is 10.5 Å². The van der Waals surface area contributed by atoms with Crippen molar-refractivity contribution in [1.29, 1.82) is 0 Å². The number of aromatic hydroxyl groups is 1. The molecule has 0 radical (unpaired) electrons. The van der Waals surface area contributed by atoms with Gasteiger partial charge in [0.2, 0.25) is 5.91 Å². The molecule has 0 bridgehead atoms. The van der Waals surface area contributed by atoms with Gasteiger partial charge in [0, 0.05) is 24.9 Å². The molecule has 0 aliphatic carbocycles. The molecule has 2 N–H and O–H groups in total. The summed E-state index contributed by atoms with van der Waals surface area (Å²) in [4.78, 5) is 41.5. The maximum absolute atomic E-state index is 13.4. The topological polar surface area (TPSA) is 90.0 Å². The zero-order valence-electron chi connectivity index (χ0n) is 17.7. The standard InChI is InChI=1S/C23H27N3O4S/c1-16(27)24-14-6-5-8-20-22(29)26(19-7-3-4-9-21(19)31-2)23(30)25(20)15-17-10-12-18(28)13-11-17/h3-4,7,9-13,20,28H,5-6,8,14-15H2,1-2H3,(H,24,27)/t20-/m0/s1. The van der Waals surface area contributed by atoms with Crippen molar-refractivity contribution in [3.05, 3.63) is 54.1 Å². The average Bonchev–Trinajstić information content (AvgIpc) is 2.98. The van der Waals surface area contributed by atoms with Gasteiger partial charge in [0.05, 0.1) is 5.69 Å². The molecule has 0 spiro atoms. The highest BCUT2D eigenvalue weighted by Crippen LogP contribution is 2.34. The lowest BCUT2D eigenvalue weighted by Crippen LogP contribution is -2.35. The fraction of sp³-hybridized carbons (Fsp3) is 0.348. The number of carbonyl (C=O) groups excluding carboxylic acids is 3. The predicted molar refractivity (Wildman–Crippen MR) is 121 cm³/mol. The molecule has 31 heavy (non-hydrogen) atoms. The Labute approximate surface area is 186 Å². The molecule has 2 aromatic rings. The summed E-state index contributed by atoms with van der Waals surface area (Å²) in [6, 6.07) is 13.1. The van der Waals surface area contributed by atoms with Crippen molar-refractivity contribution in [3.8, 4) is 5.75 Å². The number of nitrogens with zero attached hydrogens (tertiary/aromatic N) is 2. The first kappa shape index (κ1) is 22.7. The van der Waals surface area contributed by atoms with Crippen LogP contribution in [0, 0.1) is 0 Å². The molecule has 4 amide bonds. The lowest BCUT2D eigenvalue weighted by Gasteiger charge is -2.22. The van der Waals surface area contributed by atoms with E-state index in [1.165, 1.54) is 23.6 Å². The van der Waals surface area contributed by atoms with Crippen molar-refractivity contribution in [3.63, 3.8) is 0 Å². The second kappa shape index (κ2) is 10.3. The molecule has 0 unspecified atom stereocenters. The molecule has 1 fully saturated rings.